The van der Waals surface area contributed by atoms with E-state index in [1.807, 2.05) is 0 Å². The average molecular weight is 402 g/mol. The first-order valence-electron chi connectivity index (χ1n) is 8.67. The Morgan fingerprint density at radius 1 is 1.04 bits per heavy atom. The van der Waals surface area contributed by atoms with Crippen LogP contribution < -0.4 is 5.32 Å². The van der Waals surface area contributed by atoms with Gasteiger partial charge in [-0.1, -0.05) is 11.6 Å². The summed E-state index contributed by atoms with van der Waals surface area (Å²) in [6.45, 7) is 7.05. The van der Waals surface area contributed by atoms with Gasteiger partial charge in [-0.2, -0.15) is 0 Å². The monoisotopic (exact) mass is 401 g/mol. The number of hydrogen-bond acceptors (Lipinski definition) is 6. The highest BCUT2D eigenvalue weighted by molar-refractivity contribution is 6.31. The second-order valence-electron chi connectivity index (χ2n) is 7.71. The van der Waals surface area contributed by atoms with Gasteiger partial charge in [-0.05, 0) is 45.9 Å². The van der Waals surface area contributed by atoms with E-state index in [1.54, 1.807) is 27.7 Å². The molecular weight excluding hydrogens is 381 g/mol. The van der Waals surface area contributed by atoms with Crippen LogP contribution in [0.5, 0.6) is 0 Å². The van der Waals surface area contributed by atoms with Crippen LogP contribution >= 0.6 is 11.6 Å². The van der Waals surface area contributed by atoms with Crippen molar-refractivity contribution < 1.29 is 32.9 Å². The minimum absolute atomic E-state index is 0.0915. The molecule has 148 valence electrons. The number of benzene rings is 1. The fraction of sp³-hybridized carbons (Fsp3) is 0.611. The zero-order chi connectivity index (χ0) is 19.6. The highest BCUT2D eigenvalue weighted by Gasteiger charge is 2.62. The first-order valence-corrected chi connectivity index (χ1v) is 9.05. The van der Waals surface area contributed by atoms with E-state index >= 15 is 0 Å². The molecule has 0 aromatic heterocycles. The number of anilines is 1. The second kappa shape index (κ2) is 6.37. The molecule has 1 amide bonds. The molecule has 3 aliphatic rings. The number of carbonyl (C=O) groups excluding carboxylic acids is 1. The molecule has 0 aliphatic carbocycles. The van der Waals surface area contributed by atoms with Crippen molar-refractivity contribution in [2.45, 2.75) is 70.0 Å². The number of amides is 1. The van der Waals surface area contributed by atoms with Gasteiger partial charge in [0.25, 0.3) is 5.91 Å². The van der Waals surface area contributed by atoms with Gasteiger partial charge in [0.2, 0.25) is 0 Å². The highest BCUT2D eigenvalue weighted by atomic mass is 35.5. The molecule has 1 N–H and O–H groups in total. The summed E-state index contributed by atoms with van der Waals surface area (Å²) in [6.07, 6.45) is -3.51. The van der Waals surface area contributed by atoms with Crippen LogP contribution in [0.4, 0.5) is 10.1 Å². The fourth-order valence-electron chi connectivity index (χ4n) is 3.61. The number of halogens is 2. The highest BCUT2D eigenvalue weighted by Crippen LogP contribution is 2.44. The summed E-state index contributed by atoms with van der Waals surface area (Å²) in [6, 6.07) is 3.91. The van der Waals surface area contributed by atoms with Crippen LogP contribution in [0.3, 0.4) is 0 Å². The normalized spacial score (nSPS) is 36.1. The van der Waals surface area contributed by atoms with Crippen molar-refractivity contribution in [2.75, 3.05) is 5.32 Å². The fourth-order valence-corrected chi connectivity index (χ4v) is 3.79. The minimum atomic E-state index is -1.00. The summed E-state index contributed by atoms with van der Waals surface area (Å²) in [4.78, 5) is 12.9. The lowest BCUT2D eigenvalue weighted by Gasteiger charge is -2.36. The van der Waals surface area contributed by atoms with E-state index in [9.17, 15) is 9.18 Å². The molecule has 0 radical (unpaired) electrons. The minimum Gasteiger partial charge on any atom is -0.342 e. The van der Waals surface area contributed by atoms with Crippen LogP contribution in [0.2, 0.25) is 5.02 Å². The van der Waals surface area contributed by atoms with Crippen molar-refractivity contribution in [3.63, 3.8) is 0 Å². The van der Waals surface area contributed by atoms with Gasteiger partial charge < -0.3 is 29.0 Å². The second-order valence-corrected chi connectivity index (χ2v) is 8.12. The zero-order valence-corrected chi connectivity index (χ0v) is 16.1. The lowest BCUT2D eigenvalue weighted by molar-refractivity contribution is -0.229. The van der Waals surface area contributed by atoms with Gasteiger partial charge in [0, 0.05) is 5.69 Å². The maximum Gasteiger partial charge on any atom is 0.256 e. The standard InChI is InChI=1S/C18H21ClFNO6/c1-17(2)24-11-12(25-17)14-16(27-18(3,4)26-14)23-13(11)15(22)21-8-5-6-10(20)9(19)7-8/h5-7,11-14,16H,1-4H3,(H,21,22)/t11-,12-,13+,14-,16+/m1/s1. The van der Waals surface area contributed by atoms with Gasteiger partial charge in [0.1, 0.15) is 24.1 Å². The summed E-state index contributed by atoms with van der Waals surface area (Å²) in [5.41, 5.74) is 0.343. The van der Waals surface area contributed by atoms with Crippen molar-refractivity contribution in [1.82, 2.24) is 0 Å². The first-order chi connectivity index (χ1) is 12.5. The SMILES string of the molecule is CC1(C)O[C@@H]2[C@@H](O1)[C@@H](C(=O)Nc1ccc(F)c(Cl)c1)O[C@H]1OC(C)(C)O[C@@H]12. The third-order valence-electron chi connectivity index (χ3n) is 4.60. The summed E-state index contributed by atoms with van der Waals surface area (Å²) >= 11 is 5.78. The van der Waals surface area contributed by atoms with Crippen molar-refractivity contribution in [1.29, 1.82) is 0 Å². The molecule has 5 atom stereocenters. The molecule has 1 aromatic carbocycles. The van der Waals surface area contributed by atoms with E-state index in [-0.39, 0.29) is 5.02 Å². The molecule has 0 saturated carbocycles. The van der Waals surface area contributed by atoms with Crippen LogP contribution in [0.25, 0.3) is 0 Å². The number of hydrogen-bond donors (Lipinski definition) is 1. The number of ether oxygens (including phenoxy) is 5. The maximum absolute atomic E-state index is 13.3. The lowest BCUT2D eigenvalue weighted by Crippen LogP contribution is -2.58. The molecule has 0 bridgehead atoms. The summed E-state index contributed by atoms with van der Waals surface area (Å²) in [5, 5.41) is 2.58. The third kappa shape index (κ3) is 3.57. The molecule has 0 unspecified atom stereocenters. The number of fused-ring (bicyclic) bond motifs is 3. The smallest absolute Gasteiger partial charge is 0.256 e. The lowest BCUT2D eigenvalue weighted by atomic mass is 9.98. The quantitative estimate of drug-likeness (QED) is 0.821. The van der Waals surface area contributed by atoms with Crippen molar-refractivity contribution >= 4 is 23.2 Å². The van der Waals surface area contributed by atoms with E-state index < -0.39 is 54.0 Å². The number of rotatable bonds is 2. The Morgan fingerprint density at radius 3 is 2.37 bits per heavy atom. The van der Waals surface area contributed by atoms with Crippen LogP contribution in [0.15, 0.2) is 18.2 Å². The van der Waals surface area contributed by atoms with E-state index in [4.69, 9.17) is 35.3 Å². The Bertz CT molecular complexity index is 772. The first kappa shape index (κ1) is 19.0. The molecule has 3 fully saturated rings. The molecule has 1 aromatic rings. The largest absolute Gasteiger partial charge is 0.342 e. The number of nitrogens with one attached hydrogen (secondary N) is 1. The van der Waals surface area contributed by atoms with E-state index in [1.165, 1.54) is 18.2 Å². The molecular formula is C18H21ClFNO6. The molecule has 27 heavy (non-hydrogen) atoms. The van der Waals surface area contributed by atoms with Gasteiger partial charge in [0.15, 0.2) is 24.0 Å². The average Bonchev–Trinajstić information content (AvgIpc) is 3.04. The van der Waals surface area contributed by atoms with Gasteiger partial charge in [-0.3, -0.25) is 4.79 Å². The Hall–Kier alpha value is -1.29. The molecule has 4 rings (SSSR count). The Balaban J connectivity index is 1.57. The Labute approximate surface area is 161 Å². The van der Waals surface area contributed by atoms with Gasteiger partial charge in [-0.25, -0.2) is 4.39 Å². The zero-order valence-electron chi connectivity index (χ0n) is 15.3. The maximum atomic E-state index is 13.3. The molecule has 3 aliphatic heterocycles. The Kier molecular flexibility index (Phi) is 4.49. The van der Waals surface area contributed by atoms with E-state index in [0.717, 1.165) is 0 Å². The molecule has 3 heterocycles. The van der Waals surface area contributed by atoms with E-state index in [0.29, 0.717) is 5.69 Å². The molecule has 9 heteroatoms. The van der Waals surface area contributed by atoms with Crippen molar-refractivity contribution in [3.8, 4) is 0 Å². The van der Waals surface area contributed by atoms with Crippen LogP contribution in [-0.2, 0) is 28.5 Å². The van der Waals surface area contributed by atoms with Gasteiger partial charge >= 0.3 is 0 Å². The third-order valence-corrected chi connectivity index (χ3v) is 4.89. The summed E-state index contributed by atoms with van der Waals surface area (Å²) in [7, 11) is 0. The number of carbonyl (C=O) groups is 1. The van der Waals surface area contributed by atoms with Crippen molar-refractivity contribution in [3.05, 3.63) is 29.0 Å². The molecule has 0 spiro atoms. The molecule has 7 nitrogen and oxygen atoms in total. The topological polar surface area (TPSA) is 75.3 Å². The van der Waals surface area contributed by atoms with Crippen LogP contribution in [0, 0.1) is 5.82 Å². The van der Waals surface area contributed by atoms with Gasteiger partial charge in [-0.15, -0.1) is 0 Å². The van der Waals surface area contributed by atoms with Crippen LogP contribution in [0.1, 0.15) is 27.7 Å². The summed E-state index contributed by atoms with van der Waals surface area (Å²) in [5.74, 6) is -2.81. The Morgan fingerprint density at radius 2 is 1.67 bits per heavy atom. The van der Waals surface area contributed by atoms with Gasteiger partial charge in [0.05, 0.1) is 5.02 Å². The molecule has 3 saturated heterocycles. The van der Waals surface area contributed by atoms with Crippen LogP contribution in [-0.4, -0.2) is 48.2 Å². The predicted molar refractivity (Wildman–Crippen MR) is 92.6 cm³/mol. The summed E-state index contributed by atoms with van der Waals surface area (Å²) < 4.78 is 42.7. The van der Waals surface area contributed by atoms with Crippen molar-refractivity contribution in [2.24, 2.45) is 0 Å². The van der Waals surface area contributed by atoms with E-state index in [2.05, 4.69) is 5.32 Å². The predicted octanol–water partition coefficient (Wildman–Crippen LogP) is 2.81.